The molecule has 3 aromatic carbocycles. The van der Waals surface area contributed by atoms with Gasteiger partial charge in [0, 0.05) is 33.3 Å². The summed E-state index contributed by atoms with van der Waals surface area (Å²) in [6.45, 7) is 0. The van der Waals surface area contributed by atoms with Gasteiger partial charge in [-0.15, -0.1) is 0 Å². The second kappa shape index (κ2) is 11.1. The van der Waals surface area contributed by atoms with Gasteiger partial charge in [-0.3, -0.25) is 0 Å². The van der Waals surface area contributed by atoms with Crippen molar-refractivity contribution < 1.29 is 20.9 Å². The normalized spacial score (nSPS) is 13.6. The van der Waals surface area contributed by atoms with Crippen molar-refractivity contribution in [3.05, 3.63) is 104 Å². The maximum Gasteiger partial charge on any atom is 0.172 e. The highest BCUT2D eigenvalue weighted by Crippen LogP contribution is 2.30. The molecule has 0 heterocycles. The third-order valence-electron chi connectivity index (χ3n) is 4.80. The number of rotatable bonds is 6. The molecule has 10 heteroatoms. The predicted molar refractivity (Wildman–Crippen MR) is 128 cm³/mol. The Hall–Kier alpha value is -3.54. The summed E-state index contributed by atoms with van der Waals surface area (Å²) in [5, 5.41) is 58.2. The van der Waals surface area contributed by atoms with Crippen LogP contribution in [0.2, 0.25) is 0 Å². The number of nitriles is 2. The van der Waals surface area contributed by atoms with Crippen LogP contribution in [0.3, 0.4) is 0 Å². The van der Waals surface area contributed by atoms with Crippen molar-refractivity contribution in [2.24, 2.45) is 0 Å². The second-order valence-corrected chi connectivity index (χ2v) is 7.82. The molecule has 0 saturated heterocycles. The minimum Gasteiger partial charge on any atom is -0.595 e. The first-order valence-electron chi connectivity index (χ1n) is 9.63. The van der Waals surface area contributed by atoms with Crippen LogP contribution in [0.1, 0.15) is 33.4 Å². The third-order valence-corrected chi connectivity index (χ3v) is 5.46. The Morgan fingerprint density at radius 2 is 1.15 bits per heavy atom. The second-order valence-electron chi connectivity index (χ2n) is 7.00. The van der Waals surface area contributed by atoms with E-state index in [0.29, 0.717) is 22.3 Å². The van der Waals surface area contributed by atoms with Crippen molar-refractivity contribution >= 4 is 56.8 Å². The van der Waals surface area contributed by atoms with Crippen LogP contribution in [0, 0.1) is 33.1 Å². The van der Waals surface area contributed by atoms with Crippen LogP contribution in [-0.4, -0.2) is 10.4 Å². The van der Waals surface area contributed by atoms with Gasteiger partial charge in [-0.2, -0.15) is 21.0 Å². The summed E-state index contributed by atoms with van der Waals surface area (Å²) in [6, 6.07) is 19.1. The highest BCUT2D eigenvalue weighted by molar-refractivity contribution is 6.52. The Morgan fingerprint density at radius 3 is 1.50 bits per heavy atom. The summed E-state index contributed by atoms with van der Waals surface area (Å²) in [5.74, 6) is 0. The van der Waals surface area contributed by atoms with Crippen LogP contribution >= 0.6 is 23.2 Å². The molecular weight excluding hydrogens is 479 g/mol. The molecule has 0 aliphatic carbocycles. The van der Waals surface area contributed by atoms with Crippen LogP contribution in [0.15, 0.2) is 60.7 Å². The first-order chi connectivity index (χ1) is 16.2. The fourth-order valence-electron chi connectivity index (χ4n) is 3.13. The number of benzene rings is 3. The molecule has 2 unspecified atom stereocenters. The summed E-state index contributed by atoms with van der Waals surface area (Å²) < 4.78 is 0. The van der Waals surface area contributed by atoms with Crippen LogP contribution in [0.25, 0.3) is 22.2 Å². The van der Waals surface area contributed by atoms with E-state index in [-0.39, 0.29) is 32.6 Å². The quantitative estimate of drug-likeness (QED) is 0.303. The molecule has 0 amide bonds. The molecule has 2 atom stereocenters. The van der Waals surface area contributed by atoms with Crippen LogP contribution in [0.4, 0.5) is 11.4 Å². The molecule has 4 N–H and O–H groups in total. The van der Waals surface area contributed by atoms with Gasteiger partial charge in [0.2, 0.25) is 0 Å². The van der Waals surface area contributed by atoms with E-state index in [2.05, 4.69) is 0 Å². The smallest absolute Gasteiger partial charge is 0.172 e. The molecule has 0 saturated carbocycles. The van der Waals surface area contributed by atoms with Gasteiger partial charge in [0.25, 0.3) is 0 Å². The zero-order valence-corrected chi connectivity index (χ0v) is 18.8. The minimum absolute atomic E-state index is 0.0618. The van der Waals surface area contributed by atoms with Crippen molar-refractivity contribution in [1.82, 2.24) is 0 Å². The van der Waals surface area contributed by atoms with E-state index in [1.54, 1.807) is 24.3 Å². The standard InChI is InChI=1S/C24H16Cl2N4O4/c25-21(11-19-6-4-15(13-27)8-23(19)29(31)32)17-2-1-3-18(10-17)22(26)12-20-7-5-16(14-28)9-24(20)30(33)34/h1-12,29-31,33H. The van der Waals surface area contributed by atoms with Gasteiger partial charge < -0.3 is 10.4 Å². The summed E-state index contributed by atoms with van der Waals surface area (Å²) in [7, 11) is 0. The number of halogens is 2. The summed E-state index contributed by atoms with van der Waals surface area (Å²) in [5.41, 5.74) is 2.05. The van der Waals surface area contributed by atoms with E-state index >= 15 is 0 Å². The molecule has 0 spiro atoms. The fourth-order valence-corrected chi connectivity index (χ4v) is 3.60. The monoisotopic (exact) mass is 494 g/mol. The Kier molecular flexibility index (Phi) is 8.16. The number of quaternary nitrogens is 2. The summed E-state index contributed by atoms with van der Waals surface area (Å²) in [4.78, 5) is 0. The number of nitrogens with zero attached hydrogens (tertiary/aromatic N) is 2. The molecule has 8 nitrogen and oxygen atoms in total. The maximum atomic E-state index is 11.6. The molecule has 170 valence electrons. The Bertz CT molecular complexity index is 1270. The van der Waals surface area contributed by atoms with Gasteiger partial charge in [-0.1, -0.05) is 41.4 Å². The molecule has 3 aromatic rings. The zero-order chi connectivity index (χ0) is 24.8. The zero-order valence-electron chi connectivity index (χ0n) is 17.3. The van der Waals surface area contributed by atoms with Crippen molar-refractivity contribution in [2.75, 3.05) is 0 Å². The fraction of sp³-hybridized carbons (Fsp3) is 0. The molecule has 0 aliphatic rings. The van der Waals surface area contributed by atoms with Crippen molar-refractivity contribution in [3.63, 3.8) is 0 Å². The summed E-state index contributed by atoms with van der Waals surface area (Å²) in [6.07, 6.45) is 2.96. The lowest BCUT2D eigenvalue weighted by molar-refractivity contribution is -0.991. The lowest BCUT2D eigenvalue weighted by atomic mass is 10.0. The third kappa shape index (κ3) is 5.87. The average molecular weight is 495 g/mol. The largest absolute Gasteiger partial charge is 0.595 e. The van der Waals surface area contributed by atoms with E-state index < -0.39 is 10.5 Å². The number of nitrogens with one attached hydrogen (secondary N) is 2. The molecule has 0 aromatic heterocycles. The van der Waals surface area contributed by atoms with Crippen LogP contribution in [-0.2, 0) is 0 Å². The highest BCUT2D eigenvalue weighted by atomic mass is 35.5. The van der Waals surface area contributed by atoms with Gasteiger partial charge in [-0.25, -0.2) is 10.4 Å². The first kappa shape index (κ1) is 25.1. The predicted octanol–water partition coefficient (Wildman–Crippen LogP) is 3.71. The van der Waals surface area contributed by atoms with Gasteiger partial charge >= 0.3 is 0 Å². The topological polar surface area (TPSA) is 143 Å². The Balaban J connectivity index is 1.99. The van der Waals surface area contributed by atoms with Gasteiger partial charge in [0.05, 0.1) is 23.3 Å². The molecule has 3 rings (SSSR count). The highest BCUT2D eigenvalue weighted by Gasteiger charge is 2.12. The summed E-state index contributed by atoms with van der Waals surface area (Å²) >= 11 is 12.9. The van der Waals surface area contributed by atoms with Gasteiger partial charge in [0.15, 0.2) is 11.4 Å². The van der Waals surface area contributed by atoms with E-state index in [1.165, 1.54) is 48.6 Å². The number of hydrogen-bond acceptors (Lipinski definition) is 6. The van der Waals surface area contributed by atoms with Crippen molar-refractivity contribution in [1.29, 1.82) is 10.5 Å². The Morgan fingerprint density at radius 1 is 0.735 bits per heavy atom. The number of hydrogen-bond donors (Lipinski definition) is 4. The SMILES string of the molecule is N#Cc1ccc(C=C(Cl)c2cccc(C(Cl)=Cc3ccc(C#N)cc3[NH+]([O-])O)c2)c([NH+]([O-])O)c1. The maximum absolute atomic E-state index is 11.6. The van der Waals surface area contributed by atoms with E-state index in [0.717, 1.165) is 0 Å². The molecule has 0 radical (unpaired) electrons. The van der Waals surface area contributed by atoms with Gasteiger partial charge in [-0.05, 0) is 53.6 Å². The van der Waals surface area contributed by atoms with Crippen molar-refractivity contribution in [3.8, 4) is 12.1 Å². The molecule has 0 aliphatic heterocycles. The minimum atomic E-state index is -1.19. The Labute approximate surface area is 204 Å². The average Bonchev–Trinajstić information content (AvgIpc) is 2.84. The molecule has 34 heavy (non-hydrogen) atoms. The molecular formula is C24H16Cl2N4O4. The van der Waals surface area contributed by atoms with Gasteiger partial charge in [0.1, 0.15) is 0 Å². The van der Waals surface area contributed by atoms with E-state index in [4.69, 9.17) is 33.7 Å². The lowest BCUT2D eigenvalue weighted by Gasteiger charge is -2.15. The van der Waals surface area contributed by atoms with Crippen LogP contribution < -0.4 is 10.5 Å². The lowest BCUT2D eigenvalue weighted by Crippen LogP contribution is -2.99. The molecule has 0 fully saturated rings. The van der Waals surface area contributed by atoms with E-state index in [9.17, 15) is 20.8 Å². The van der Waals surface area contributed by atoms with E-state index in [1.807, 2.05) is 12.1 Å². The first-order valence-corrected chi connectivity index (χ1v) is 10.4. The van der Waals surface area contributed by atoms with Crippen molar-refractivity contribution in [2.45, 2.75) is 0 Å². The van der Waals surface area contributed by atoms with Crippen LogP contribution in [0.5, 0.6) is 0 Å². The molecule has 0 bridgehead atoms.